The summed E-state index contributed by atoms with van der Waals surface area (Å²) in [5.41, 5.74) is 1.17. The summed E-state index contributed by atoms with van der Waals surface area (Å²) >= 11 is 0. The van der Waals surface area contributed by atoms with E-state index in [0.717, 1.165) is 18.7 Å². The molecular formula is C15H17N3O3. The Hall–Kier alpha value is -2.50. The Morgan fingerprint density at radius 1 is 1.43 bits per heavy atom. The smallest absolute Gasteiger partial charge is 0.262 e. The van der Waals surface area contributed by atoms with Crippen molar-refractivity contribution in [3.8, 4) is 11.6 Å². The zero-order chi connectivity index (χ0) is 14.7. The first-order valence-electron chi connectivity index (χ1n) is 7.00. The van der Waals surface area contributed by atoms with Crippen molar-refractivity contribution in [2.24, 2.45) is 0 Å². The van der Waals surface area contributed by atoms with Crippen LogP contribution in [0, 0.1) is 0 Å². The number of hydrogen-bond donors (Lipinski definition) is 1. The maximum absolute atomic E-state index is 12.3. The van der Waals surface area contributed by atoms with Crippen molar-refractivity contribution in [2.75, 3.05) is 18.5 Å². The molecular weight excluding hydrogens is 270 g/mol. The summed E-state index contributed by atoms with van der Waals surface area (Å²) in [4.78, 5) is 12.3. The highest BCUT2D eigenvalue weighted by Gasteiger charge is 2.21. The molecule has 0 fully saturated rings. The van der Waals surface area contributed by atoms with Crippen LogP contribution in [0.1, 0.15) is 23.7 Å². The van der Waals surface area contributed by atoms with Gasteiger partial charge in [-0.15, -0.1) is 0 Å². The summed E-state index contributed by atoms with van der Waals surface area (Å²) in [6.45, 7) is 3.95. The second kappa shape index (κ2) is 5.87. The molecule has 1 aliphatic rings. The number of rotatable bonds is 4. The van der Waals surface area contributed by atoms with Gasteiger partial charge in [0.05, 0.1) is 19.4 Å². The number of carbonyl (C=O) groups excluding carboxylic acids is 1. The lowest BCUT2D eigenvalue weighted by Gasteiger charge is -2.15. The summed E-state index contributed by atoms with van der Waals surface area (Å²) in [7, 11) is 0. The standard InChI is InChI=1S/C15H17N3O3/c1-2-20-12-6-4-11(5-7-12)17-14(19)13-10-16-18-8-3-9-21-15(13)18/h4-7,10H,2-3,8-9H2,1H3,(H,17,19). The number of amides is 1. The van der Waals surface area contributed by atoms with E-state index in [1.54, 1.807) is 23.0 Å². The van der Waals surface area contributed by atoms with Crippen molar-refractivity contribution < 1.29 is 14.3 Å². The van der Waals surface area contributed by atoms with Crippen LogP contribution in [0.3, 0.4) is 0 Å². The van der Waals surface area contributed by atoms with Crippen LogP contribution in [0.15, 0.2) is 30.5 Å². The van der Waals surface area contributed by atoms with Crippen LogP contribution >= 0.6 is 0 Å². The number of aryl methyl sites for hydroxylation is 1. The largest absolute Gasteiger partial charge is 0.494 e. The van der Waals surface area contributed by atoms with Gasteiger partial charge in [0.15, 0.2) is 0 Å². The lowest BCUT2D eigenvalue weighted by Crippen LogP contribution is -2.18. The molecule has 0 atom stereocenters. The third-order valence-electron chi connectivity index (χ3n) is 3.21. The van der Waals surface area contributed by atoms with Crippen LogP contribution in [0.5, 0.6) is 11.6 Å². The molecule has 6 heteroatoms. The minimum absolute atomic E-state index is 0.220. The third-order valence-corrected chi connectivity index (χ3v) is 3.21. The molecule has 6 nitrogen and oxygen atoms in total. The van der Waals surface area contributed by atoms with Crippen molar-refractivity contribution >= 4 is 11.6 Å². The second-order valence-electron chi connectivity index (χ2n) is 4.70. The molecule has 1 aromatic carbocycles. The number of nitrogens with zero attached hydrogens (tertiary/aromatic N) is 2. The Morgan fingerprint density at radius 2 is 2.24 bits per heavy atom. The van der Waals surface area contributed by atoms with Gasteiger partial charge in [-0.3, -0.25) is 4.79 Å². The highest BCUT2D eigenvalue weighted by Crippen LogP contribution is 2.23. The fourth-order valence-corrected chi connectivity index (χ4v) is 2.22. The fourth-order valence-electron chi connectivity index (χ4n) is 2.22. The van der Waals surface area contributed by atoms with E-state index in [-0.39, 0.29) is 5.91 Å². The SMILES string of the molecule is CCOc1ccc(NC(=O)c2cnn3c2OCCC3)cc1. The molecule has 0 saturated heterocycles. The summed E-state index contributed by atoms with van der Waals surface area (Å²) in [6, 6.07) is 7.26. The van der Waals surface area contributed by atoms with Crippen LogP contribution < -0.4 is 14.8 Å². The second-order valence-corrected chi connectivity index (χ2v) is 4.70. The number of aromatic nitrogens is 2. The lowest BCUT2D eigenvalue weighted by atomic mass is 10.2. The quantitative estimate of drug-likeness (QED) is 0.937. The predicted molar refractivity (Wildman–Crippen MR) is 77.9 cm³/mol. The van der Waals surface area contributed by atoms with Gasteiger partial charge in [0, 0.05) is 18.7 Å². The van der Waals surface area contributed by atoms with Crippen molar-refractivity contribution in [3.63, 3.8) is 0 Å². The van der Waals surface area contributed by atoms with E-state index in [9.17, 15) is 4.79 Å². The van der Waals surface area contributed by atoms with E-state index in [1.165, 1.54) is 0 Å². The average molecular weight is 287 g/mol. The van der Waals surface area contributed by atoms with Crippen LogP contribution in [0.25, 0.3) is 0 Å². The maximum Gasteiger partial charge on any atom is 0.262 e. The fraction of sp³-hybridized carbons (Fsp3) is 0.333. The molecule has 0 radical (unpaired) electrons. The molecule has 0 unspecified atom stereocenters. The van der Waals surface area contributed by atoms with Crippen LogP contribution in [-0.2, 0) is 6.54 Å². The van der Waals surface area contributed by atoms with Crippen molar-refractivity contribution in [1.29, 1.82) is 0 Å². The van der Waals surface area contributed by atoms with E-state index in [2.05, 4.69) is 10.4 Å². The van der Waals surface area contributed by atoms with Crippen molar-refractivity contribution in [2.45, 2.75) is 19.9 Å². The zero-order valence-corrected chi connectivity index (χ0v) is 11.8. The predicted octanol–water partition coefficient (Wildman–Crippen LogP) is 2.32. The topological polar surface area (TPSA) is 65.4 Å². The van der Waals surface area contributed by atoms with Gasteiger partial charge in [0.1, 0.15) is 11.3 Å². The molecule has 21 heavy (non-hydrogen) atoms. The minimum Gasteiger partial charge on any atom is -0.494 e. The summed E-state index contributed by atoms with van der Waals surface area (Å²) in [5.74, 6) is 1.11. The Kier molecular flexibility index (Phi) is 3.77. The molecule has 110 valence electrons. The highest BCUT2D eigenvalue weighted by molar-refractivity contribution is 6.05. The van der Waals surface area contributed by atoms with Gasteiger partial charge in [0.2, 0.25) is 5.88 Å². The van der Waals surface area contributed by atoms with E-state index in [0.29, 0.717) is 30.3 Å². The zero-order valence-electron chi connectivity index (χ0n) is 11.8. The minimum atomic E-state index is -0.220. The summed E-state index contributed by atoms with van der Waals surface area (Å²) in [5, 5.41) is 7.00. The number of benzene rings is 1. The highest BCUT2D eigenvalue weighted by atomic mass is 16.5. The number of fused-ring (bicyclic) bond motifs is 1. The molecule has 1 aliphatic heterocycles. The molecule has 0 aliphatic carbocycles. The number of anilines is 1. The maximum atomic E-state index is 12.3. The van der Waals surface area contributed by atoms with Gasteiger partial charge in [-0.25, -0.2) is 4.68 Å². The van der Waals surface area contributed by atoms with Gasteiger partial charge in [-0.1, -0.05) is 0 Å². The molecule has 3 rings (SSSR count). The third kappa shape index (κ3) is 2.84. The Labute approximate surface area is 122 Å². The number of ether oxygens (including phenoxy) is 2. The molecule has 2 heterocycles. The average Bonchev–Trinajstić information content (AvgIpc) is 2.93. The molecule has 1 amide bonds. The number of nitrogens with one attached hydrogen (secondary N) is 1. The Morgan fingerprint density at radius 3 is 3.00 bits per heavy atom. The molecule has 2 aromatic rings. The van der Waals surface area contributed by atoms with E-state index >= 15 is 0 Å². The Bertz CT molecular complexity index is 634. The van der Waals surface area contributed by atoms with Crippen LogP contribution in [0.2, 0.25) is 0 Å². The normalized spacial score (nSPS) is 13.2. The molecule has 0 spiro atoms. The van der Waals surface area contributed by atoms with E-state index in [4.69, 9.17) is 9.47 Å². The van der Waals surface area contributed by atoms with Gasteiger partial charge >= 0.3 is 0 Å². The molecule has 0 saturated carbocycles. The molecule has 1 aromatic heterocycles. The van der Waals surface area contributed by atoms with Crippen molar-refractivity contribution in [1.82, 2.24) is 9.78 Å². The number of hydrogen-bond acceptors (Lipinski definition) is 4. The monoisotopic (exact) mass is 287 g/mol. The van der Waals surface area contributed by atoms with Gasteiger partial charge < -0.3 is 14.8 Å². The molecule has 1 N–H and O–H groups in total. The van der Waals surface area contributed by atoms with Gasteiger partial charge in [-0.05, 0) is 31.2 Å². The first kappa shape index (κ1) is 13.5. The first-order chi connectivity index (χ1) is 10.3. The Balaban J connectivity index is 1.72. The lowest BCUT2D eigenvalue weighted by molar-refractivity contribution is 0.102. The molecule has 0 bridgehead atoms. The van der Waals surface area contributed by atoms with E-state index < -0.39 is 0 Å². The summed E-state index contributed by atoms with van der Waals surface area (Å²) in [6.07, 6.45) is 2.46. The summed E-state index contributed by atoms with van der Waals surface area (Å²) < 4.78 is 12.6. The van der Waals surface area contributed by atoms with E-state index in [1.807, 2.05) is 19.1 Å². The van der Waals surface area contributed by atoms with Crippen LogP contribution in [-0.4, -0.2) is 28.9 Å². The van der Waals surface area contributed by atoms with Gasteiger partial charge in [-0.2, -0.15) is 5.10 Å². The van der Waals surface area contributed by atoms with Crippen LogP contribution in [0.4, 0.5) is 5.69 Å². The van der Waals surface area contributed by atoms with Gasteiger partial charge in [0.25, 0.3) is 5.91 Å². The van der Waals surface area contributed by atoms with Crippen molar-refractivity contribution in [3.05, 3.63) is 36.0 Å². The number of carbonyl (C=O) groups is 1. The first-order valence-corrected chi connectivity index (χ1v) is 7.00.